The lowest BCUT2D eigenvalue weighted by Crippen LogP contribution is -2.58. The van der Waals surface area contributed by atoms with Crippen LogP contribution in [0.25, 0.3) is 11.3 Å². The molecule has 1 atom stereocenters. The number of hydrogen-bond acceptors (Lipinski definition) is 6. The summed E-state index contributed by atoms with van der Waals surface area (Å²) in [7, 11) is -3.17. The average molecular weight is 511 g/mol. The van der Waals surface area contributed by atoms with E-state index in [9.17, 15) is 26.8 Å². The maximum atomic E-state index is 13.9. The van der Waals surface area contributed by atoms with Gasteiger partial charge in [0.25, 0.3) is 0 Å². The molecule has 190 valence electrons. The first-order valence-corrected chi connectivity index (χ1v) is 13.1. The van der Waals surface area contributed by atoms with E-state index in [1.54, 1.807) is 20.8 Å². The normalized spacial score (nSPS) is 18.6. The molecule has 0 aliphatic carbocycles. The van der Waals surface area contributed by atoms with Gasteiger partial charge in [-0.2, -0.15) is 9.78 Å². The van der Waals surface area contributed by atoms with Gasteiger partial charge in [0, 0.05) is 30.6 Å². The second-order valence-corrected chi connectivity index (χ2v) is 12.1. The van der Waals surface area contributed by atoms with E-state index in [4.69, 9.17) is 4.74 Å². The molecule has 2 aliphatic heterocycles. The van der Waals surface area contributed by atoms with Gasteiger partial charge in [0.1, 0.15) is 6.04 Å². The number of halogens is 2. The highest BCUT2D eigenvalue weighted by molar-refractivity contribution is 7.91. The number of nitrogens with one attached hydrogen (secondary N) is 1. The lowest BCUT2D eigenvalue weighted by Gasteiger charge is -2.36. The molecule has 2 amide bonds. The molecule has 0 spiro atoms. The standard InChI is InChI=1S/C23H28F2N4O5S/c1-23(2,3)20(21(30)28-7-10-35(32,33)11-8-28)26-22(31)29-18-6-9-34-13-15(18)19(27-29)14-4-5-16(24)17(25)12-14/h4-5,12,20H,6-11,13H2,1-3H3,(H,26,31). The van der Waals surface area contributed by atoms with Gasteiger partial charge in [0.15, 0.2) is 21.5 Å². The molecule has 12 heteroatoms. The van der Waals surface area contributed by atoms with Crippen molar-refractivity contribution >= 4 is 21.8 Å². The molecule has 1 N–H and O–H groups in total. The van der Waals surface area contributed by atoms with Crippen LogP contribution < -0.4 is 5.32 Å². The van der Waals surface area contributed by atoms with Gasteiger partial charge in [-0.1, -0.05) is 20.8 Å². The summed E-state index contributed by atoms with van der Waals surface area (Å²) < 4.78 is 57.5. The van der Waals surface area contributed by atoms with Crippen LogP contribution in [0.2, 0.25) is 0 Å². The number of ether oxygens (including phenoxy) is 1. The fraction of sp³-hybridized carbons (Fsp3) is 0.522. The van der Waals surface area contributed by atoms with E-state index in [1.807, 2.05) is 0 Å². The van der Waals surface area contributed by atoms with Crippen molar-refractivity contribution in [2.24, 2.45) is 5.41 Å². The number of rotatable bonds is 3. The van der Waals surface area contributed by atoms with E-state index in [1.165, 1.54) is 11.0 Å². The Labute approximate surface area is 202 Å². The van der Waals surface area contributed by atoms with Crippen LogP contribution in [-0.2, 0) is 32.4 Å². The SMILES string of the molecule is CC(C)(C)C(NC(=O)n1nc(-c2ccc(F)c(F)c2)c2c1CCOC2)C(=O)N1CCS(=O)(=O)CC1. The lowest BCUT2D eigenvalue weighted by atomic mass is 9.85. The van der Waals surface area contributed by atoms with Crippen LogP contribution in [0.3, 0.4) is 0 Å². The first-order valence-electron chi connectivity index (χ1n) is 11.3. The molecule has 0 bridgehead atoms. The number of carbonyl (C=O) groups is 2. The van der Waals surface area contributed by atoms with Crippen molar-refractivity contribution < 1.29 is 31.5 Å². The van der Waals surface area contributed by atoms with Gasteiger partial charge in [-0.15, -0.1) is 0 Å². The minimum atomic E-state index is -3.17. The van der Waals surface area contributed by atoms with Gasteiger partial charge in [-0.25, -0.2) is 22.0 Å². The van der Waals surface area contributed by atoms with Crippen molar-refractivity contribution in [3.05, 3.63) is 41.1 Å². The smallest absolute Gasteiger partial charge is 0.343 e. The highest BCUT2D eigenvalue weighted by atomic mass is 32.2. The van der Waals surface area contributed by atoms with Crippen LogP contribution in [0.4, 0.5) is 13.6 Å². The Bertz CT molecular complexity index is 1260. The Morgan fingerprint density at radius 1 is 1.14 bits per heavy atom. The number of amides is 2. The molecule has 3 heterocycles. The molecule has 35 heavy (non-hydrogen) atoms. The van der Waals surface area contributed by atoms with Crippen LogP contribution in [0.15, 0.2) is 18.2 Å². The molecule has 0 saturated carbocycles. The number of aromatic nitrogens is 2. The summed E-state index contributed by atoms with van der Waals surface area (Å²) in [6.07, 6.45) is 0.373. The first-order chi connectivity index (χ1) is 16.4. The third-order valence-electron chi connectivity index (χ3n) is 6.24. The summed E-state index contributed by atoms with van der Waals surface area (Å²) in [5.74, 6) is -2.63. The van der Waals surface area contributed by atoms with Crippen molar-refractivity contribution in [2.75, 3.05) is 31.2 Å². The van der Waals surface area contributed by atoms with Crippen LogP contribution in [0, 0.1) is 17.0 Å². The molecule has 0 radical (unpaired) electrons. The minimum absolute atomic E-state index is 0.0679. The molecule has 1 unspecified atom stereocenters. The van der Waals surface area contributed by atoms with E-state index < -0.39 is 39.0 Å². The van der Waals surface area contributed by atoms with Gasteiger partial charge in [0.05, 0.1) is 36.1 Å². The summed E-state index contributed by atoms with van der Waals surface area (Å²) in [5.41, 5.74) is 1.08. The van der Waals surface area contributed by atoms with Crippen molar-refractivity contribution in [3.8, 4) is 11.3 Å². The predicted molar refractivity (Wildman–Crippen MR) is 123 cm³/mol. The van der Waals surface area contributed by atoms with Crippen molar-refractivity contribution in [1.82, 2.24) is 20.0 Å². The van der Waals surface area contributed by atoms with E-state index >= 15 is 0 Å². The van der Waals surface area contributed by atoms with Crippen molar-refractivity contribution in [1.29, 1.82) is 0 Å². The summed E-state index contributed by atoms with van der Waals surface area (Å²) in [4.78, 5) is 28.1. The largest absolute Gasteiger partial charge is 0.376 e. The third-order valence-corrected chi connectivity index (χ3v) is 7.85. The maximum absolute atomic E-state index is 13.9. The van der Waals surface area contributed by atoms with Gasteiger partial charge in [-0.3, -0.25) is 4.79 Å². The van der Waals surface area contributed by atoms with E-state index in [0.29, 0.717) is 35.5 Å². The van der Waals surface area contributed by atoms with Crippen LogP contribution in [-0.4, -0.2) is 72.3 Å². The van der Waals surface area contributed by atoms with E-state index in [0.717, 1.165) is 16.8 Å². The highest BCUT2D eigenvalue weighted by Crippen LogP contribution is 2.30. The second kappa shape index (κ2) is 9.30. The molecular formula is C23H28F2N4O5S. The predicted octanol–water partition coefficient (Wildman–Crippen LogP) is 2.13. The Morgan fingerprint density at radius 2 is 1.83 bits per heavy atom. The van der Waals surface area contributed by atoms with Crippen molar-refractivity contribution in [3.63, 3.8) is 0 Å². The molecule has 1 aromatic heterocycles. The first kappa shape index (κ1) is 25.2. The van der Waals surface area contributed by atoms with Gasteiger partial charge >= 0.3 is 6.03 Å². The fourth-order valence-corrected chi connectivity index (χ4v) is 5.43. The van der Waals surface area contributed by atoms with E-state index in [2.05, 4.69) is 10.4 Å². The maximum Gasteiger partial charge on any atom is 0.343 e. The summed E-state index contributed by atoms with van der Waals surface area (Å²) in [6.45, 7) is 6.05. The highest BCUT2D eigenvalue weighted by Gasteiger charge is 2.38. The Hall–Kier alpha value is -2.86. The summed E-state index contributed by atoms with van der Waals surface area (Å²) in [5, 5.41) is 7.16. The monoisotopic (exact) mass is 510 g/mol. The van der Waals surface area contributed by atoms with Gasteiger partial charge in [-0.05, 0) is 23.6 Å². The number of carbonyl (C=O) groups excluding carboxylic acids is 2. The van der Waals surface area contributed by atoms with Crippen molar-refractivity contribution in [2.45, 2.75) is 39.8 Å². The Kier molecular flexibility index (Phi) is 6.71. The number of nitrogens with zero attached hydrogens (tertiary/aromatic N) is 3. The molecule has 1 aromatic carbocycles. The van der Waals surface area contributed by atoms with Crippen LogP contribution >= 0.6 is 0 Å². The summed E-state index contributed by atoms with van der Waals surface area (Å²) >= 11 is 0. The zero-order valence-electron chi connectivity index (χ0n) is 19.8. The van der Waals surface area contributed by atoms with Gasteiger partial charge in [0.2, 0.25) is 5.91 Å². The third kappa shape index (κ3) is 5.22. The molecular weight excluding hydrogens is 482 g/mol. The fourth-order valence-electron chi connectivity index (χ4n) is 4.23. The van der Waals surface area contributed by atoms with Crippen LogP contribution in [0.1, 0.15) is 32.0 Å². The molecule has 1 saturated heterocycles. The number of hydrogen-bond donors (Lipinski definition) is 1. The molecule has 1 fully saturated rings. The Morgan fingerprint density at radius 3 is 2.46 bits per heavy atom. The van der Waals surface area contributed by atoms with Crippen LogP contribution in [0.5, 0.6) is 0 Å². The zero-order valence-corrected chi connectivity index (χ0v) is 20.6. The number of benzene rings is 1. The topological polar surface area (TPSA) is 111 Å². The number of fused-ring (bicyclic) bond motifs is 1. The second-order valence-electron chi connectivity index (χ2n) is 9.84. The molecule has 4 rings (SSSR count). The quantitative estimate of drug-likeness (QED) is 0.678. The minimum Gasteiger partial charge on any atom is -0.376 e. The summed E-state index contributed by atoms with van der Waals surface area (Å²) in [6, 6.07) is 1.80. The average Bonchev–Trinajstić information content (AvgIpc) is 3.18. The molecule has 9 nitrogen and oxygen atoms in total. The zero-order chi connectivity index (χ0) is 25.5. The van der Waals surface area contributed by atoms with Gasteiger partial charge < -0.3 is 15.0 Å². The van der Waals surface area contributed by atoms with E-state index in [-0.39, 0.29) is 37.1 Å². The Balaban J connectivity index is 1.64. The molecule has 2 aliphatic rings. The molecule has 2 aromatic rings. The lowest BCUT2D eigenvalue weighted by molar-refractivity contribution is -0.135. The number of sulfone groups is 1.